The fraction of sp³-hybridized carbons (Fsp3) is 0.286. The molecule has 0 unspecified atom stereocenters. The van der Waals surface area contributed by atoms with Crippen molar-refractivity contribution in [3.05, 3.63) is 23.9 Å². The van der Waals surface area contributed by atoms with E-state index >= 15 is 0 Å². The Morgan fingerprint density at radius 3 is 2.32 bits per heavy atom. The highest BCUT2D eigenvalue weighted by molar-refractivity contribution is 5.96. The van der Waals surface area contributed by atoms with E-state index in [9.17, 15) is 5.26 Å². The topological polar surface area (TPSA) is 58.4 Å². The second kappa shape index (κ2) is 5.02. The van der Waals surface area contributed by atoms with Gasteiger partial charge in [0.15, 0.2) is 11.5 Å². The Bertz CT molecular complexity index is 660. The maximum Gasteiger partial charge on any atom is 0.162 e. The lowest BCUT2D eigenvalue weighted by Crippen LogP contribution is -2.11. The van der Waals surface area contributed by atoms with Gasteiger partial charge in [0.05, 0.1) is 31.0 Å². The van der Waals surface area contributed by atoms with E-state index in [1.165, 1.54) is 0 Å². The Morgan fingerprint density at radius 1 is 1.16 bits per heavy atom. The lowest BCUT2D eigenvalue weighted by molar-refractivity contribution is 0.356. The number of hydrogen-bond acceptors (Lipinski definition) is 5. The number of fused-ring (bicyclic) bond motifs is 1. The van der Waals surface area contributed by atoms with Crippen molar-refractivity contribution in [3.8, 4) is 17.6 Å². The van der Waals surface area contributed by atoms with Crippen LogP contribution in [-0.2, 0) is 0 Å². The molecule has 0 saturated carbocycles. The van der Waals surface area contributed by atoms with E-state index in [2.05, 4.69) is 11.1 Å². The van der Waals surface area contributed by atoms with Crippen LogP contribution in [0.3, 0.4) is 0 Å². The first-order valence-corrected chi connectivity index (χ1v) is 5.74. The maximum absolute atomic E-state index is 9.18. The molecule has 0 spiro atoms. The number of methoxy groups -OCH3 is 2. The predicted octanol–water partition coefficient (Wildman–Crippen LogP) is 2.19. The van der Waals surface area contributed by atoms with Crippen molar-refractivity contribution in [2.24, 2.45) is 0 Å². The van der Waals surface area contributed by atoms with Crippen molar-refractivity contribution >= 4 is 16.6 Å². The number of nitrogens with zero attached hydrogens (tertiary/aromatic N) is 3. The average molecular weight is 257 g/mol. The number of rotatable bonds is 3. The summed E-state index contributed by atoms with van der Waals surface area (Å²) in [6.07, 6.45) is 1.57. The molecule has 2 rings (SSSR count). The molecule has 0 amide bonds. The molecule has 5 nitrogen and oxygen atoms in total. The van der Waals surface area contributed by atoms with Gasteiger partial charge in [0.25, 0.3) is 0 Å². The zero-order chi connectivity index (χ0) is 14.0. The van der Waals surface area contributed by atoms with Crippen LogP contribution in [0.25, 0.3) is 10.9 Å². The Labute approximate surface area is 112 Å². The van der Waals surface area contributed by atoms with Crippen LogP contribution in [0.4, 0.5) is 5.69 Å². The van der Waals surface area contributed by atoms with Gasteiger partial charge in [0.2, 0.25) is 0 Å². The Balaban J connectivity index is 2.85. The summed E-state index contributed by atoms with van der Waals surface area (Å²) in [6, 6.07) is 5.81. The van der Waals surface area contributed by atoms with Gasteiger partial charge < -0.3 is 14.4 Å². The van der Waals surface area contributed by atoms with E-state index in [4.69, 9.17) is 9.47 Å². The molecule has 0 aliphatic rings. The van der Waals surface area contributed by atoms with Gasteiger partial charge in [0, 0.05) is 31.7 Å². The van der Waals surface area contributed by atoms with Gasteiger partial charge in [-0.2, -0.15) is 5.26 Å². The van der Waals surface area contributed by atoms with Crippen molar-refractivity contribution < 1.29 is 9.47 Å². The summed E-state index contributed by atoms with van der Waals surface area (Å²) in [7, 11) is 6.96. The van der Waals surface area contributed by atoms with Gasteiger partial charge in [-0.05, 0) is 6.07 Å². The summed E-state index contributed by atoms with van der Waals surface area (Å²) in [5.41, 5.74) is 2.12. The van der Waals surface area contributed by atoms with E-state index in [0.717, 1.165) is 16.6 Å². The molecule has 0 radical (unpaired) electrons. The van der Waals surface area contributed by atoms with Crippen molar-refractivity contribution in [3.63, 3.8) is 0 Å². The minimum Gasteiger partial charge on any atom is -0.493 e. The van der Waals surface area contributed by atoms with Crippen LogP contribution in [0.1, 0.15) is 5.56 Å². The van der Waals surface area contributed by atoms with Crippen LogP contribution in [0, 0.1) is 11.3 Å². The van der Waals surface area contributed by atoms with Gasteiger partial charge >= 0.3 is 0 Å². The van der Waals surface area contributed by atoms with Crippen molar-refractivity contribution in [1.29, 1.82) is 5.26 Å². The SMILES string of the molecule is COc1cc2ncc(C#N)c(N(C)C)c2cc1OC. The molecule has 0 aliphatic heterocycles. The Kier molecular flexibility index (Phi) is 3.43. The molecule has 1 aromatic carbocycles. The third-order valence-corrected chi connectivity index (χ3v) is 2.91. The molecule has 0 fully saturated rings. The minimum atomic E-state index is 0.532. The Hall–Kier alpha value is -2.48. The molecule has 0 atom stereocenters. The lowest BCUT2D eigenvalue weighted by Gasteiger charge is -2.18. The zero-order valence-electron chi connectivity index (χ0n) is 11.4. The second-order valence-corrected chi connectivity index (χ2v) is 4.25. The summed E-state index contributed by atoms with van der Waals surface area (Å²) < 4.78 is 10.6. The standard InChI is InChI=1S/C14H15N3O2/c1-17(2)14-9(7-15)8-16-11-6-13(19-4)12(18-3)5-10(11)14/h5-6,8H,1-4H3. The van der Waals surface area contributed by atoms with Crippen molar-refractivity contribution in [2.45, 2.75) is 0 Å². The van der Waals surface area contributed by atoms with Gasteiger partial charge in [-0.15, -0.1) is 0 Å². The fourth-order valence-corrected chi connectivity index (χ4v) is 2.07. The molecule has 1 heterocycles. The summed E-state index contributed by atoms with van der Waals surface area (Å²) in [5, 5.41) is 10.0. The Morgan fingerprint density at radius 2 is 1.79 bits per heavy atom. The molecule has 1 aromatic heterocycles. The summed E-state index contributed by atoms with van der Waals surface area (Å²) in [4.78, 5) is 6.19. The van der Waals surface area contributed by atoms with Crippen LogP contribution >= 0.6 is 0 Å². The first-order valence-electron chi connectivity index (χ1n) is 5.74. The lowest BCUT2D eigenvalue weighted by atomic mass is 10.1. The van der Waals surface area contributed by atoms with Crippen LogP contribution < -0.4 is 14.4 Å². The number of anilines is 1. The van der Waals surface area contributed by atoms with E-state index in [-0.39, 0.29) is 0 Å². The van der Waals surface area contributed by atoms with Gasteiger partial charge in [-0.1, -0.05) is 0 Å². The third kappa shape index (κ3) is 2.13. The monoisotopic (exact) mass is 257 g/mol. The number of nitriles is 1. The van der Waals surface area contributed by atoms with Crippen LogP contribution in [0.15, 0.2) is 18.3 Å². The summed E-state index contributed by atoms with van der Waals surface area (Å²) >= 11 is 0. The smallest absolute Gasteiger partial charge is 0.162 e. The van der Waals surface area contributed by atoms with Crippen LogP contribution in [0.5, 0.6) is 11.5 Å². The molecule has 0 saturated heterocycles. The van der Waals surface area contributed by atoms with E-state index < -0.39 is 0 Å². The summed E-state index contributed by atoms with van der Waals surface area (Å²) in [5.74, 6) is 1.24. The van der Waals surface area contributed by atoms with Gasteiger partial charge in [-0.3, -0.25) is 4.98 Å². The minimum absolute atomic E-state index is 0.532. The highest BCUT2D eigenvalue weighted by Crippen LogP contribution is 2.36. The highest BCUT2D eigenvalue weighted by atomic mass is 16.5. The van der Waals surface area contributed by atoms with Gasteiger partial charge in [0.1, 0.15) is 6.07 Å². The zero-order valence-corrected chi connectivity index (χ0v) is 11.4. The first kappa shape index (κ1) is 13.0. The normalized spacial score (nSPS) is 10.1. The molecule has 2 aromatic rings. The van der Waals surface area contributed by atoms with E-state index in [0.29, 0.717) is 17.1 Å². The quantitative estimate of drug-likeness (QED) is 0.843. The molecule has 0 bridgehead atoms. The largest absolute Gasteiger partial charge is 0.493 e. The van der Waals surface area contributed by atoms with Crippen molar-refractivity contribution in [1.82, 2.24) is 4.98 Å². The number of hydrogen-bond donors (Lipinski definition) is 0. The van der Waals surface area contributed by atoms with Crippen molar-refractivity contribution in [2.75, 3.05) is 33.2 Å². The molecule has 5 heteroatoms. The number of benzene rings is 1. The molecular weight excluding hydrogens is 242 g/mol. The van der Waals surface area contributed by atoms with E-state index in [1.54, 1.807) is 20.4 Å². The fourth-order valence-electron chi connectivity index (χ4n) is 2.07. The van der Waals surface area contributed by atoms with Gasteiger partial charge in [-0.25, -0.2) is 0 Å². The second-order valence-electron chi connectivity index (χ2n) is 4.25. The van der Waals surface area contributed by atoms with Crippen LogP contribution in [-0.4, -0.2) is 33.3 Å². The molecule has 0 aliphatic carbocycles. The molecule has 19 heavy (non-hydrogen) atoms. The number of pyridine rings is 1. The maximum atomic E-state index is 9.18. The molecule has 0 N–H and O–H groups in total. The summed E-state index contributed by atoms with van der Waals surface area (Å²) in [6.45, 7) is 0. The highest BCUT2D eigenvalue weighted by Gasteiger charge is 2.14. The molecular formula is C14H15N3O2. The predicted molar refractivity (Wildman–Crippen MR) is 73.9 cm³/mol. The van der Waals surface area contributed by atoms with E-state index in [1.807, 2.05) is 31.1 Å². The number of ether oxygens (including phenoxy) is 2. The first-order chi connectivity index (χ1) is 9.12. The molecule has 98 valence electrons. The average Bonchev–Trinajstić information content (AvgIpc) is 2.43. The van der Waals surface area contributed by atoms with Crippen LogP contribution in [0.2, 0.25) is 0 Å². The number of aromatic nitrogens is 1. The third-order valence-electron chi connectivity index (χ3n) is 2.91.